The third kappa shape index (κ3) is 4.71. The number of furan rings is 1. The molecule has 1 amide bonds. The van der Waals surface area contributed by atoms with Crippen LogP contribution in [-0.2, 0) is 19.3 Å². The number of thioether (sulfide) groups is 1. The first kappa shape index (κ1) is 19.0. The Hall–Kier alpha value is -2.74. The average Bonchev–Trinajstić information content (AvgIpc) is 3.28. The predicted octanol–water partition coefficient (Wildman–Crippen LogP) is 3.04. The zero-order valence-corrected chi connectivity index (χ0v) is 16.7. The maximum atomic E-state index is 12.6. The molecule has 0 aromatic carbocycles. The number of carbonyl (C=O) groups is 1. The lowest BCUT2D eigenvalue weighted by atomic mass is 10.2. The number of rotatable bonds is 7. The van der Waals surface area contributed by atoms with E-state index in [4.69, 9.17) is 4.42 Å². The van der Waals surface area contributed by atoms with Gasteiger partial charge in [0.05, 0.1) is 5.75 Å². The molecular weight excluding hydrogens is 362 g/mol. The molecule has 0 saturated carbocycles. The molecule has 0 aliphatic heterocycles. The van der Waals surface area contributed by atoms with Crippen molar-refractivity contribution in [2.75, 3.05) is 26.0 Å². The Kier molecular flexibility index (Phi) is 5.85. The summed E-state index contributed by atoms with van der Waals surface area (Å²) in [7, 11) is 7.59. The number of imidazole rings is 1. The minimum atomic E-state index is -0.153. The van der Waals surface area contributed by atoms with Gasteiger partial charge in [0.15, 0.2) is 10.9 Å². The predicted molar refractivity (Wildman–Crippen MR) is 106 cm³/mol. The number of hydrogen-bond acceptors (Lipinski definition) is 6. The second kappa shape index (κ2) is 8.30. The Morgan fingerprint density at radius 3 is 2.63 bits per heavy atom. The van der Waals surface area contributed by atoms with Crippen molar-refractivity contribution in [1.82, 2.24) is 19.4 Å². The Balaban J connectivity index is 1.58. The first-order valence-electron chi connectivity index (χ1n) is 8.50. The largest absolute Gasteiger partial charge is 0.455 e. The maximum Gasteiger partial charge on any atom is 0.289 e. The van der Waals surface area contributed by atoms with Crippen LogP contribution in [0.15, 0.2) is 52.4 Å². The normalized spacial score (nSPS) is 10.8. The molecule has 0 N–H and O–H groups in total. The molecule has 142 valence electrons. The van der Waals surface area contributed by atoms with Crippen LogP contribution in [0.5, 0.6) is 0 Å². The third-order valence-electron chi connectivity index (χ3n) is 4.03. The molecule has 8 heteroatoms. The van der Waals surface area contributed by atoms with Gasteiger partial charge < -0.3 is 18.8 Å². The van der Waals surface area contributed by atoms with Crippen LogP contribution in [0.25, 0.3) is 0 Å². The van der Waals surface area contributed by atoms with E-state index < -0.39 is 0 Å². The molecule has 0 bridgehead atoms. The minimum absolute atomic E-state index is 0.153. The lowest BCUT2D eigenvalue weighted by Gasteiger charge is -2.16. The highest BCUT2D eigenvalue weighted by Gasteiger charge is 2.17. The van der Waals surface area contributed by atoms with Gasteiger partial charge in [0, 0.05) is 53.3 Å². The van der Waals surface area contributed by atoms with Crippen LogP contribution >= 0.6 is 11.8 Å². The fraction of sp³-hybridized carbons (Fsp3) is 0.316. The van der Waals surface area contributed by atoms with E-state index in [0.717, 1.165) is 22.3 Å². The summed E-state index contributed by atoms with van der Waals surface area (Å²) < 4.78 is 7.67. The maximum absolute atomic E-state index is 12.6. The molecule has 0 aliphatic carbocycles. The highest BCUT2D eigenvalue weighted by Crippen LogP contribution is 2.22. The van der Waals surface area contributed by atoms with Crippen LogP contribution in [0.2, 0.25) is 0 Å². The van der Waals surface area contributed by atoms with Crippen molar-refractivity contribution in [3.05, 3.63) is 59.9 Å². The van der Waals surface area contributed by atoms with Gasteiger partial charge in [-0.2, -0.15) is 0 Å². The van der Waals surface area contributed by atoms with Gasteiger partial charge in [0.25, 0.3) is 5.91 Å². The van der Waals surface area contributed by atoms with Gasteiger partial charge >= 0.3 is 0 Å². The Morgan fingerprint density at radius 1 is 1.19 bits per heavy atom. The summed E-state index contributed by atoms with van der Waals surface area (Å²) in [5.41, 5.74) is 0.966. The van der Waals surface area contributed by atoms with Gasteiger partial charge in [-0.3, -0.25) is 4.79 Å². The Bertz CT molecular complexity index is 901. The van der Waals surface area contributed by atoms with Crippen molar-refractivity contribution in [2.45, 2.75) is 17.5 Å². The van der Waals surface area contributed by atoms with E-state index >= 15 is 0 Å². The molecular formula is C19H23N5O2S. The molecule has 3 rings (SSSR count). The third-order valence-corrected chi connectivity index (χ3v) is 5.11. The van der Waals surface area contributed by atoms with Crippen molar-refractivity contribution in [3.63, 3.8) is 0 Å². The summed E-state index contributed by atoms with van der Waals surface area (Å²) >= 11 is 1.57. The number of nitrogens with zero attached hydrogens (tertiary/aromatic N) is 5. The summed E-state index contributed by atoms with van der Waals surface area (Å²) in [6.07, 6.45) is 5.44. The molecule has 0 saturated heterocycles. The standard InChI is InChI=1S/C19H23N5O2S/c1-22(2)17-8-5-14(11-21-17)12-24(4)18(25)16-7-6-15(26-16)13-27-19-20-9-10-23(19)3/h5-11H,12-13H2,1-4H3. The van der Waals surface area contributed by atoms with E-state index in [2.05, 4.69) is 9.97 Å². The van der Waals surface area contributed by atoms with E-state index in [9.17, 15) is 4.79 Å². The number of pyridine rings is 1. The minimum Gasteiger partial charge on any atom is -0.455 e. The van der Waals surface area contributed by atoms with E-state index in [0.29, 0.717) is 18.1 Å². The Labute approximate surface area is 163 Å². The molecule has 27 heavy (non-hydrogen) atoms. The van der Waals surface area contributed by atoms with Crippen molar-refractivity contribution < 1.29 is 9.21 Å². The summed E-state index contributed by atoms with van der Waals surface area (Å²) in [4.78, 5) is 24.8. The number of anilines is 1. The fourth-order valence-electron chi connectivity index (χ4n) is 2.51. The van der Waals surface area contributed by atoms with E-state index in [1.165, 1.54) is 0 Å². The molecule has 3 aromatic rings. The number of amides is 1. The summed E-state index contributed by atoms with van der Waals surface area (Å²) in [6, 6.07) is 7.47. The molecule has 0 unspecified atom stereocenters. The van der Waals surface area contributed by atoms with Crippen LogP contribution in [0.1, 0.15) is 21.9 Å². The number of hydrogen-bond donors (Lipinski definition) is 0. The molecule has 3 aromatic heterocycles. The van der Waals surface area contributed by atoms with Crippen molar-refractivity contribution in [2.24, 2.45) is 7.05 Å². The van der Waals surface area contributed by atoms with Crippen molar-refractivity contribution >= 4 is 23.5 Å². The van der Waals surface area contributed by atoms with E-state index in [-0.39, 0.29) is 5.91 Å². The molecule has 0 atom stereocenters. The highest BCUT2D eigenvalue weighted by atomic mass is 32.2. The zero-order valence-electron chi connectivity index (χ0n) is 15.9. The smallest absolute Gasteiger partial charge is 0.289 e. The highest BCUT2D eigenvalue weighted by molar-refractivity contribution is 7.98. The first-order valence-corrected chi connectivity index (χ1v) is 9.49. The second-order valence-corrected chi connectivity index (χ2v) is 7.40. The molecule has 3 heterocycles. The molecule has 0 radical (unpaired) electrons. The Morgan fingerprint density at radius 2 is 2.00 bits per heavy atom. The van der Waals surface area contributed by atoms with E-state index in [1.807, 2.05) is 55.0 Å². The van der Waals surface area contributed by atoms with Gasteiger partial charge in [-0.1, -0.05) is 17.8 Å². The molecule has 0 aliphatic rings. The number of aryl methyl sites for hydroxylation is 1. The van der Waals surface area contributed by atoms with Crippen LogP contribution in [0.3, 0.4) is 0 Å². The quantitative estimate of drug-likeness (QED) is 0.583. The van der Waals surface area contributed by atoms with Crippen LogP contribution < -0.4 is 4.90 Å². The van der Waals surface area contributed by atoms with Crippen molar-refractivity contribution in [3.8, 4) is 0 Å². The number of aromatic nitrogens is 3. The molecule has 0 fully saturated rings. The summed E-state index contributed by atoms with van der Waals surface area (Å²) in [5.74, 6) is 2.44. The first-order chi connectivity index (χ1) is 12.9. The van der Waals surface area contributed by atoms with Gasteiger partial charge in [-0.05, 0) is 23.8 Å². The average molecular weight is 385 g/mol. The van der Waals surface area contributed by atoms with Crippen LogP contribution in [0, 0.1) is 0 Å². The van der Waals surface area contributed by atoms with Gasteiger partial charge in [0.2, 0.25) is 0 Å². The summed E-state index contributed by atoms with van der Waals surface area (Å²) in [5, 5.41) is 0.907. The zero-order chi connectivity index (χ0) is 19.4. The lowest BCUT2D eigenvalue weighted by molar-refractivity contribution is 0.0752. The van der Waals surface area contributed by atoms with Crippen LogP contribution in [0.4, 0.5) is 5.82 Å². The molecule has 0 spiro atoms. The topological polar surface area (TPSA) is 67.4 Å². The SMILES string of the molecule is CN(Cc1ccc(N(C)C)nc1)C(=O)c1ccc(CSc2nccn2C)o1. The van der Waals surface area contributed by atoms with Crippen LogP contribution in [-0.4, -0.2) is 46.5 Å². The second-order valence-electron chi connectivity index (χ2n) is 6.46. The van der Waals surface area contributed by atoms with Gasteiger partial charge in [0.1, 0.15) is 11.6 Å². The number of carbonyl (C=O) groups excluding carboxylic acids is 1. The summed E-state index contributed by atoms with van der Waals surface area (Å²) in [6.45, 7) is 0.470. The van der Waals surface area contributed by atoms with Crippen molar-refractivity contribution in [1.29, 1.82) is 0 Å². The fourth-order valence-corrected chi connectivity index (χ4v) is 3.33. The van der Waals surface area contributed by atoms with Gasteiger partial charge in [-0.15, -0.1) is 0 Å². The van der Waals surface area contributed by atoms with Gasteiger partial charge in [-0.25, -0.2) is 9.97 Å². The monoisotopic (exact) mass is 385 g/mol. The van der Waals surface area contributed by atoms with E-state index in [1.54, 1.807) is 42.2 Å². The molecule has 7 nitrogen and oxygen atoms in total. The lowest BCUT2D eigenvalue weighted by Crippen LogP contribution is -2.25.